The summed E-state index contributed by atoms with van der Waals surface area (Å²) in [7, 11) is 2.82. The van der Waals surface area contributed by atoms with Crippen LogP contribution in [0.1, 0.15) is 10.4 Å². The van der Waals surface area contributed by atoms with Gasteiger partial charge in [-0.15, -0.1) is 0 Å². The van der Waals surface area contributed by atoms with Crippen molar-refractivity contribution in [3.8, 4) is 17.2 Å². The van der Waals surface area contributed by atoms with Gasteiger partial charge in [0.15, 0.2) is 11.5 Å². The molecule has 14 heavy (non-hydrogen) atoms. The van der Waals surface area contributed by atoms with Crippen LogP contribution in [0.4, 0.5) is 0 Å². The van der Waals surface area contributed by atoms with Crippen molar-refractivity contribution in [1.29, 1.82) is 0 Å². The third-order valence-electron chi connectivity index (χ3n) is 1.77. The highest BCUT2D eigenvalue weighted by Crippen LogP contribution is 2.34. The number of ether oxygens (including phenoxy) is 2. The van der Waals surface area contributed by atoms with Crippen molar-refractivity contribution >= 4 is 5.91 Å². The average Bonchev–Trinajstić information content (AvgIpc) is 2.17. The number of hydrogen-bond acceptors (Lipinski definition) is 4. The van der Waals surface area contributed by atoms with Crippen LogP contribution in [-0.2, 0) is 0 Å². The van der Waals surface area contributed by atoms with Crippen LogP contribution in [0.3, 0.4) is 0 Å². The van der Waals surface area contributed by atoms with Gasteiger partial charge in [0.2, 0.25) is 0 Å². The highest BCUT2D eigenvalue weighted by Gasteiger charge is 2.14. The van der Waals surface area contributed by atoms with Gasteiger partial charge in [-0.1, -0.05) is 0 Å². The molecular formula is C9H11NO4. The lowest BCUT2D eigenvalue weighted by Crippen LogP contribution is -2.11. The monoisotopic (exact) mass is 197 g/mol. The molecule has 1 rings (SSSR count). The zero-order valence-corrected chi connectivity index (χ0v) is 7.90. The fourth-order valence-corrected chi connectivity index (χ4v) is 1.04. The van der Waals surface area contributed by atoms with E-state index in [1.165, 1.54) is 26.4 Å². The van der Waals surface area contributed by atoms with Crippen LogP contribution >= 0.6 is 0 Å². The highest BCUT2D eigenvalue weighted by atomic mass is 16.5. The van der Waals surface area contributed by atoms with Crippen LogP contribution in [0.25, 0.3) is 0 Å². The maximum Gasteiger partial charge on any atom is 0.252 e. The Bertz CT molecular complexity index is 362. The van der Waals surface area contributed by atoms with Crippen LogP contribution in [0.2, 0.25) is 0 Å². The third kappa shape index (κ3) is 1.71. The van der Waals surface area contributed by atoms with Crippen molar-refractivity contribution in [2.75, 3.05) is 14.2 Å². The van der Waals surface area contributed by atoms with E-state index in [2.05, 4.69) is 0 Å². The van der Waals surface area contributed by atoms with E-state index in [-0.39, 0.29) is 17.1 Å². The first-order valence-electron chi connectivity index (χ1n) is 3.85. The molecule has 0 bridgehead atoms. The summed E-state index contributed by atoms with van der Waals surface area (Å²) in [6, 6.07) is 2.81. The molecule has 5 heteroatoms. The number of rotatable bonds is 3. The molecule has 0 unspecified atom stereocenters. The average molecular weight is 197 g/mol. The second kappa shape index (κ2) is 3.87. The van der Waals surface area contributed by atoms with E-state index >= 15 is 0 Å². The summed E-state index contributed by atoms with van der Waals surface area (Å²) in [5.41, 5.74) is 5.03. The number of methoxy groups -OCH3 is 2. The van der Waals surface area contributed by atoms with E-state index in [4.69, 9.17) is 15.2 Å². The molecule has 1 amide bonds. The van der Waals surface area contributed by atoms with Gasteiger partial charge in [0.25, 0.3) is 5.91 Å². The summed E-state index contributed by atoms with van der Waals surface area (Å²) in [6.45, 7) is 0. The normalized spacial score (nSPS) is 9.57. The van der Waals surface area contributed by atoms with Gasteiger partial charge in [0.1, 0.15) is 5.75 Å². The fourth-order valence-electron chi connectivity index (χ4n) is 1.04. The maximum absolute atomic E-state index is 10.9. The Hall–Kier alpha value is -1.91. The van der Waals surface area contributed by atoms with Crippen LogP contribution in [0, 0.1) is 0 Å². The van der Waals surface area contributed by atoms with Gasteiger partial charge < -0.3 is 20.3 Å². The van der Waals surface area contributed by atoms with Gasteiger partial charge in [-0.3, -0.25) is 4.79 Å². The number of aromatic hydroxyl groups is 1. The quantitative estimate of drug-likeness (QED) is 0.739. The minimum absolute atomic E-state index is 0.0267. The van der Waals surface area contributed by atoms with Crippen molar-refractivity contribution < 1.29 is 19.4 Å². The Balaban J connectivity index is 3.34. The second-order valence-electron chi connectivity index (χ2n) is 2.59. The predicted molar refractivity (Wildman–Crippen MR) is 49.7 cm³/mol. The Labute approximate surface area is 81.0 Å². The molecule has 0 radical (unpaired) electrons. The highest BCUT2D eigenvalue weighted by molar-refractivity contribution is 5.96. The Morgan fingerprint density at radius 3 is 2.43 bits per heavy atom. The SMILES string of the molecule is COc1cc(OC)c(O)c(C(N)=O)c1. The Morgan fingerprint density at radius 1 is 1.36 bits per heavy atom. The van der Waals surface area contributed by atoms with E-state index in [0.29, 0.717) is 5.75 Å². The van der Waals surface area contributed by atoms with E-state index in [9.17, 15) is 9.90 Å². The van der Waals surface area contributed by atoms with E-state index in [1.807, 2.05) is 0 Å². The van der Waals surface area contributed by atoms with Crippen molar-refractivity contribution in [1.82, 2.24) is 0 Å². The number of carbonyl (C=O) groups is 1. The van der Waals surface area contributed by atoms with Gasteiger partial charge in [0, 0.05) is 6.07 Å². The molecule has 0 heterocycles. The van der Waals surface area contributed by atoms with E-state index in [1.54, 1.807) is 0 Å². The molecule has 0 aromatic heterocycles. The van der Waals surface area contributed by atoms with E-state index in [0.717, 1.165) is 0 Å². The summed E-state index contributed by atoms with van der Waals surface area (Å²) < 4.78 is 9.74. The van der Waals surface area contributed by atoms with Crippen molar-refractivity contribution in [3.63, 3.8) is 0 Å². The number of carbonyl (C=O) groups excluding carboxylic acids is 1. The smallest absolute Gasteiger partial charge is 0.252 e. The zero-order chi connectivity index (χ0) is 10.7. The summed E-state index contributed by atoms with van der Waals surface area (Å²) >= 11 is 0. The third-order valence-corrected chi connectivity index (χ3v) is 1.77. The van der Waals surface area contributed by atoms with Crippen LogP contribution in [0.5, 0.6) is 17.2 Å². The number of benzene rings is 1. The topological polar surface area (TPSA) is 81.8 Å². The molecule has 0 atom stereocenters. The predicted octanol–water partition coefficient (Wildman–Crippen LogP) is 0.508. The number of primary amides is 1. The second-order valence-corrected chi connectivity index (χ2v) is 2.59. The fraction of sp³-hybridized carbons (Fsp3) is 0.222. The lowest BCUT2D eigenvalue weighted by Gasteiger charge is -2.09. The molecule has 0 aliphatic heterocycles. The Morgan fingerprint density at radius 2 is 2.00 bits per heavy atom. The summed E-state index contributed by atoms with van der Waals surface area (Å²) in [4.78, 5) is 10.9. The number of amides is 1. The van der Waals surface area contributed by atoms with Crippen LogP contribution in [-0.4, -0.2) is 25.2 Å². The maximum atomic E-state index is 10.9. The molecule has 0 aliphatic carbocycles. The molecule has 0 aliphatic rings. The van der Waals surface area contributed by atoms with E-state index < -0.39 is 5.91 Å². The molecule has 5 nitrogen and oxygen atoms in total. The summed E-state index contributed by atoms with van der Waals surface area (Å²) in [5, 5.41) is 9.50. The molecule has 0 saturated carbocycles. The van der Waals surface area contributed by atoms with Gasteiger partial charge in [-0.05, 0) is 6.07 Å². The molecule has 0 saturated heterocycles. The standard InChI is InChI=1S/C9H11NO4/c1-13-5-3-6(9(10)12)8(11)7(4-5)14-2/h3-4,11H,1-2H3,(H2,10,12). The minimum Gasteiger partial charge on any atom is -0.504 e. The van der Waals surface area contributed by atoms with Crippen molar-refractivity contribution in [2.24, 2.45) is 5.73 Å². The molecule has 1 aromatic rings. The van der Waals surface area contributed by atoms with Crippen LogP contribution in [0.15, 0.2) is 12.1 Å². The van der Waals surface area contributed by atoms with Gasteiger partial charge in [-0.2, -0.15) is 0 Å². The minimum atomic E-state index is -0.736. The molecule has 0 spiro atoms. The molecular weight excluding hydrogens is 186 g/mol. The largest absolute Gasteiger partial charge is 0.504 e. The first kappa shape index (κ1) is 10.2. The molecule has 76 valence electrons. The Kier molecular flexibility index (Phi) is 2.81. The molecule has 0 fully saturated rings. The first-order valence-corrected chi connectivity index (χ1v) is 3.85. The van der Waals surface area contributed by atoms with Gasteiger partial charge in [-0.25, -0.2) is 0 Å². The number of phenols is 1. The molecule has 3 N–H and O–H groups in total. The van der Waals surface area contributed by atoms with Gasteiger partial charge in [0.05, 0.1) is 19.8 Å². The number of nitrogens with two attached hydrogens (primary N) is 1. The zero-order valence-electron chi connectivity index (χ0n) is 7.90. The lowest BCUT2D eigenvalue weighted by molar-refractivity contribution is 0.0996. The van der Waals surface area contributed by atoms with Crippen LogP contribution < -0.4 is 15.2 Å². The van der Waals surface area contributed by atoms with Gasteiger partial charge >= 0.3 is 0 Å². The first-order chi connectivity index (χ1) is 6.60. The van der Waals surface area contributed by atoms with Crippen molar-refractivity contribution in [3.05, 3.63) is 17.7 Å². The molecule has 1 aromatic carbocycles. The van der Waals surface area contributed by atoms with Crippen molar-refractivity contribution in [2.45, 2.75) is 0 Å². The summed E-state index contributed by atoms with van der Waals surface area (Å²) in [6.07, 6.45) is 0. The lowest BCUT2D eigenvalue weighted by atomic mass is 10.1. The number of hydrogen-bond donors (Lipinski definition) is 2. The summed E-state index contributed by atoms with van der Waals surface area (Å²) in [5.74, 6) is -0.466.